The molecule has 0 N–H and O–H groups in total. The van der Waals surface area contributed by atoms with Gasteiger partial charge >= 0.3 is 0 Å². The van der Waals surface area contributed by atoms with Gasteiger partial charge in [-0.2, -0.15) is 0 Å². The number of nitrogens with zero attached hydrogens (tertiary/aromatic N) is 1. The second kappa shape index (κ2) is 7.04. The summed E-state index contributed by atoms with van der Waals surface area (Å²) in [4.78, 5) is 14.6. The van der Waals surface area contributed by atoms with Crippen molar-refractivity contribution in [2.75, 3.05) is 18.6 Å². The topological polar surface area (TPSA) is 29.5 Å². The summed E-state index contributed by atoms with van der Waals surface area (Å²) in [5, 5.41) is 0. The van der Waals surface area contributed by atoms with E-state index < -0.39 is 0 Å². The lowest BCUT2D eigenvalue weighted by molar-refractivity contribution is 0.0988. The van der Waals surface area contributed by atoms with Crippen LogP contribution in [-0.2, 0) is 11.3 Å². The number of methoxy groups -OCH3 is 1. The smallest absolute Gasteiger partial charge is 0.258 e. The first kappa shape index (κ1) is 15.3. The van der Waals surface area contributed by atoms with E-state index in [9.17, 15) is 4.79 Å². The number of carbonyl (C=O) groups excluding carboxylic acids is 1. The van der Waals surface area contributed by atoms with Crippen LogP contribution in [0.1, 0.15) is 28.4 Å². The molecule has 0 heterocycles. The minimum atomic E-state index is 0.0183. The highest BCUT2D eigenvalue weighted by Crippen LogP contribution is 2.21. The molecule has 0 bridgehead atoms. The molecule has 3 nitrogen and oxygen atoms in total. The zero-order valence-corrected chi connectivity index (χ0v) is 12.8. The molecule has 1 amide bonds. The number of aryl methyl sites for hydroxylation is 1. The van der Waals surface area contributed by atoms with Crippen LogP contribution in [0.25, 0.3) is 0 Å². The van der Waals surface area contributed by atoms with E-state index in [2.05, 4.69) is 0 Å². The monoisotopic (exact) mass is 283 g/mol. The minimum absolute atomic E-state index is 0.0183. The second-order valence-electron chi connectivity index (χ2n) is 4.97. The molecular weight excluding hydrogens is 262 g/mol. The summed E-state index contributed by atoms with van der Waals surface area (Å²) in [6.45, 7) is 5.16. The molecule has 110 valence electrons. The lowest BCUT2D eigenvalue weighted by Gasteiger charge is -2.23. The van der Waals surface area contributed by atoms with Crippen LogP contribution < -0.4 is 4.90 Å². The van der Waals surface area contributed by atoms with Gasteiger partial charge in [-0.3, -0.25) is 4.79 Å². The highest BCUT2D eigenvalue weighted by molar-refractivity contribution is 6.06. The molecule has 0 spiro atoms. The van der Waals surface area contributed by atoms with Crippen LogP contribution >= 0.6 is 0 Å². The van der Waals surface area contributed by atoms with Crippen molar-refractivity contribution in [1.29, 1.82) is 0 Å². The van der Waals surface area contributed by atoms with Gasteiger partial charge in [-0.15, -0.1) is 0 Å². The van der Waals surface area contributed by atoms with Crippen molar-refractivity contribution in [3.05, 3.63) is 65.2 Å². The number of hydrogen-bond donors (Lipinski definition) is 0. The molecule has 0 radical (unpaired) electrons. The first-order valence-electron chi connectivity index (χ1n) is 7.12. The quantitative estimate of drug-likeness (QED) is 0.835. The number of benzene rings is 2. The van der Waals surface area contributed by atoms with E-state index in [4.69, 9.17) is 4.74 Å². The number of para-hydroxylation sites is 1. The highest BCUT2D eigenvalue weighted by atomic mass is 16.5. The van der Waals surface area contributed by atoms with E-state index >= 15 is 0 Å². The Morgan fingerprint density at radius 1 is 1.14 bits per heavy atom. The third-order valence-corrected chi connectivity index (χ3v) is 3.45. The molecule has 0 aliphatic carbocycles. The number of carbonyl (C=O) groups is 1. The van der Waals surface area contributed by atoms with Crippen LogP contribution in [0.2, 0.25) is 0 Å². The van der Waals surface area contributed by atoms with Crippen molar-refractivity contribution >= 4 is 11.6 Å². The second-order valence-corrected chi connectivity index (χ2v) is 4.97. The maximum Gasteiger partial charge on any atom is 0.258 e. The lowest BCUT2D eigenvalue weighted by Crippen LogP contribution is -2.31. The van der Waals surface area contributed by atoms with Gasteiger partial charge in [0.15, 0.2) is 0 Å². The molecule has 3 heteroatoms. The summed E-state index contributed by atoms with van der Waals surface area (Å²) in [6, 6.07) is 15.5. The van der Waals surface area contributed by atoms with Crippen molar-refractivity contribution in [3.63, 3.8) is 0 Å². The molecule has 0 aliphatic heterocycles. The lowest BCUT2D eigenvalue weighted by atomic mass is 10.1. The van der Waals surface area contributed by atoms with Gasteiger partial charge in [-0.05, 0) is 43.2 Å². The van der Waals surface area contributed by atoms with Crippen LogP contribution in [0.4, 0.5) is 5.69 Å². The first-order chi connectivity index (χ1) is 10.2. The Kier molecular flexibility index (Phi) is 5.12. The van der Waals surface area contributed by atoms with Crippen molar-refractivity contribution in [1.82, 2.24) is 0 Å². The van der Waals surface area contributed by atoms with E-state index in [0.29, 0.717) is 18.7 Å². The summed E-state index contributed by atoms with van der Waals surface area (Å²) in [7, 11) is 1.65. The standard InChI is InChI=1S/C18H21NO2/c1-4-19(17-11-6-5-8-14(17)2)18(20)16-10-7-9-15(12-16)13-21-3/h5-12H,4,13H2,1-3H3. The molecule has 2 aromatic carbocycles. The van der Waals surface area contributed by atoms with Crippen LogP contribution in [0, 0.1) is 6.92 Å². The fourth-order valence-electron chi connectivity index (χ4n) is 2.41. The van der Waals surface area contributed by atoms with E-state index in [-0.39, 0.29) is 5.91 Å². The Balaban J connectivity index is 2.32. The summed E-state index contributed by atoms with van der Waals surface area (Å²) in [6.07, 6.45) is 0. The van der Waals surface area contributed by atoms with Crippen LogP contribution in [0.15, 0.2) is 48.5 Å². The normalized spacial score (nSPS) is 10.4. The number of amides is 1. The molecule has 0 saturated carbocycles. The van der Waals surface area contributed by atoms with E-state index in [1.807, 2.05) is 62.4 Å². The van der Waals surface area contributed by atoms with Gasteiger partial charge in [-0.25, -0.2) is 0 Å². The van der Waals surface area contributed by atoms with Gasteiger partial charge in [0.05, 0.1) is 6.61 Å². The number of anilines is 1. The van der Waals surface area contributed by atoms with E-state index in [1.165, 1.54) is 0 Å². The van der Waals surface area contributed by atoms with E-state index in [0.717, 1.165) is 16.8 Å². The summed E-state index contributed by atoms with van der Waals surface area (Å²) < 4.78 is 5.13. The maximum absolute atomic E-state index is 12.8. The predicted octanol–water partition coefficient (Wildman–Crippen LogP) is 3.81. The molecular formula is C18H21NO2. The highest BCUT2D eigenvalue weighted by Gasteiger charge is 2.17. The fraction of sp³-hybridized carbons (Fsp3) is 0.278. The third kappa shape index (κ3) is 3.50. The van der Waals surface area contributed by atoms with Gasteiger partial charge in [0.1, 0.15) is 0 Å². The summed E-state index contributed by atoms with van der Waals surface area (Å²) >= 11 is 0. The molecule has 0 atom stereocenters. The van der Waals surface area contributed by atoms with Crippen LogP contribution in [0.3, 0.4) is 0 Å². The van der Waals surface area contributed by atoms with Crippen molar-refractivity contribution in [3.8, 4) is 0 Å². The number of rotatable bonds is 5. The van der Waals surface area contributed by atoms with Gasteiger partial charge in [0.2, 0.25) is 0 Å². The SMILES string of the molecule is CCN(C(=O)c1cccc(COC)c1)c1ccccc1C. The molecule has 21 heavy (non-hydrogen) atoms. The summed E-state index contributed by atoms with van der Waals surface area (Å²) in [5.74, 6) is 0.0183. The zero-order chi connectivity index (χ0) is 15.2. The molecule has 2 aromatic rings. The van der Waals surface area contributed by atoms with Crippen molar-refractivity contribution in [2.24, 2.45) is 0 Å². The Labute approximate surface area is 126 Å². The van der Waals surface area contributed by atoms with Crippen LogP contribution in [-0.4, -0.2) is 19.6 Å². The van der Waals surface area contributed by atoms with Crippen LogP contribution in [0.5, 0.6) is 0 Å². The molecule has 0 aromatic heterocycles. The number of hydrogen-bond acceptors (Lipinski definition) is 2. The first-order valence-corrected chi connectivity index (χ1v) is 7.12. The van der Waals surface area contributed by atoms with Gasteiger partial charge < -0.3 is 9.64 Å². The molecule has 0 fully saturated rings. The predicted molar refractivity (Wildman–Crippen MR) is 85.7 cm³/mol. The Hall–Kier alpha value is -2.13. The largest absolute Gasteiger partial charge is 0.380 e. The summed E-state index contributed by atoms with van der Waals surface area (Å²) in [5.41, 5.74) is 3.75. The average molecular weight is 283 g/mol. The number of ether oxygens (including phenoxy) is 1. The molecule has 0 aliphatic rings. The Bertz CT molecular complexity index is 622. The third-order valence-electron chi connectivity index (χ3n) is 3.45. The Morgan fingerprint density at radius 3 is 2.57 bits per heavy atom. The zero-order valence-electron chi connectivity index (χ0n) is 12.8. The molecule has 0 unspecified atom stereocenters. The van der Waals surface area contributed by atoms with Crippen molar-refractivity contribution < 1.29 is 9.53 Å². The van der Waals surface area contributed by atoms with Gasteiger partial charge in [0.25, 0.3) is 5.91 Å². The van der Waals surface area contributed by atoms with Crippen molar-refractivity contribution in [2.45, 2.75) is 20.5 Å². The van der Waals surface area contributed by atoms with Gasteiger partial charge in [-0.1, -0.05) is 30.3 Å². The molecule has 2 rings (SSSR count). The maximum atomic E-state index is 12.8. The van der Waals surface area contributed by atoms with E-state index in [1.54, 1.807) is 12.0 Å². The molecule has 0 saturated heterocycles. The van der Waals surface area contributed by atoms with Gasteiger partial charge in [0, 0.05) is 24.9 Å². The fourth-order valence-corrected chi connectivity index (χ4v) is 2.41. The minimum Gasteiger partial charge on any atom is -0.380 e. The average Bonchev–Trinajstić information content (AvgIpc) is 2.50. The Morgan fingerprint density at radius 2 is 1.90 bits per heavy atom.